The van der Waals surface area contributed by atoms with Gasteiger partial charge in [-0.05, 0) is 22.8 Å². The highest BCUT2D eigenvalue weighted by Gasteiger charge is 2.08. The average Bonchev–Trinajstić information content (AvgIpc) is 3.05. The highest BCUT2D eigenvalue weighted by atomic mass is 32.1. The number of nitrogens with zero attached hydrogens (tertiary/aromatic N) is 2. The number of rotatable bonds is 6. The second-order valence-corrected chi connectivity index (χ2v) is 6.61. The number of urea groups is 1. The van der Waals surface area contributed by atoms with Crippen LogP contribution < -0.4 is 10.6 Å². The van der Waals surface area contributed by atoms with E-state index in [4.69, 9.17) is 0 Å². The van der Waals surface area contributed by atoms with Crippen LogP contribution in [0.3, 0.4) is 0 Å². The number of aromatic nitrogens is 2. The number of amides is 2. The summed E-state index contributed by atoms with van der Waals surface area (Å²) in [4.78, 5) is 12.1. The van der Waals surface area contributed by atoms with Crippen LogP contribution in [-0.2, 0) is 13.0 Å². The van der Waals surface area contributed by atoms with Crippen molar-refractivity contribution >= 4 is 33.3 Å². The van der Waals surface area contributed by atoms with Crippen LogP contribution >= 0.6 is 11.3 Å². The minimum Gasteiger partial charge on any atom is -0.334 e. The van der Waals surface area contributed by atoms with Crippen LogP contribution in [0.5, 0.6) is 0 Å². The summed E-state index contributed by atoms with van der Waals surface area (Å²) in [6.07, 6.45) is 3.11. The Morgan fingerprint density at radius 1 is 1.12 bits per heavy atom. The van der Waals surface area contributed by atoms with Gasteiger partial charge < -0.3 is 5.32 Å². The van der Waals surface area contributed by atoms with Crippen LogP contribution in [0.25, 0.3) is 10.8 Å². The van der Waals surface area contributed by atoms with Crippen LogP contribution in [0, 0.1) is 0 Å². The average molecular weight is 340 g/mol. The van der Waals surface area contributed by atoms with Gasteiger partial charge in [-0.25, -0.2) is 4.79 Å². The van der Waals surface area contributed by atoms with Crippen LogP contribution in [0.2, 0.25) is 0 Å². The molecule has 0 aliphatic heterocycles. The Labute approximate surface area is 145 Å². The maximum absolute atomic E-state index is 12.1. The van der Waals surface area contributed by atoms with Gasteiger partial charge in [-0.15, -0.1) is 10.2 Å². The van der Waals surface area contributed by atoms with E-state index >= 15 is 0 Å². The third kappa shape index (κ3) is 4.08. The molecule has 2 N–H and O–H groups in total. The lowest BCUT2D eigenvalue weighted by Crippen LogP contribution is -2.28. The molecule has 0 aliphatic carbocycles. The van der Waals surface area contributed by atoms with Crippen molar-refractivity contribution in [3.8, 4) is 0 Å². The highest BCUT2D eigenvalue weighted by Crippen LogP contribution is 2.19. The predicted octanol–water partition coefficient (Wildman–Crippen LogP) is 4.36. The van der Waals surface area contributed by atoms with Crippen LogP contribution in [0.15, 0.2) is 42.5 Å². The van der Waals surface area contributed by atoms with Gasteiger partial charge in [-0.2, -0.15) is 0 Å². The van der Waals surface area contributed by atoms with Gasteiger partial charge in [-0.3, -0.25) is 5.32 Å². The van der Waals surface area contributed by atoms with E-state index < -0.39 is 0 Å². The van der Waals surface area contributed by atoms with Crippen molar-refractivity contribution in [3.05, 3.63) is 53.0 Å². The Bertz CT molecular complexity index is 825. The topological polar surface area (TPSA) is 66.9 Å². The molecule has 1 aromatic heterocycles. The molecule has 1 heterocycles. The van der Waals surface area contributed by atoms with Gasteiger partial charge in [0, 0.05) is 13.0 Å². The first-order chi connectivity index (χ1) is 11.8. The van der Waals surface area contributed by atoms with E-state index in [-0.39, 0.29) is 6.03 Å². The summed E-state index contributed by atoms with van der Waals surface area (Å²) in [5, 5.41) is 17.6. The third-order valence-corrected chi connectivity index (χ3v) is 4.65. The van der Waals surface area contributed by atoms with Gasteiger partial charge in [0.1, 0.15) is 5.01 Å². The first-order valence-electron chi connectivity index (χ1n) is 8.10. The predicted molar refractivity (Wildman–Crippen MR) is 98.3 cm³/mol. The number of anilines is 1. The smallest absolute Gasteiger partial charge is 0.321 e. The zero-order valence-electron chi connectivity index (χ0n) is 13.6. The molecule has 0 saturated carbocycles. The summed E-state index contributed by atoms with van der Waals surface area (Å²) >= 11 is 1.43. The van der Waals surface area contributed by atoms with Gasteiger partial charge in [0.15, 0.2) is 0 Å². The summed E-state index contributed by atoms with van der Waals surface area (Å²) in [6.45, 7) is 2.61. The van der Waals surface area contributed by atoms with Gasteiger partial charge >= 0.3 is 6.03 Å². The van der Waals surface area contributed by atoms with Gasteiger partial charge in [0.2, 0.25) is 5.13 Å². The Hall–Kier alpha value is -2.47. The molecule has 2 aromatic carbocycles. The largest absolute Gasteiger partial charge is 0.334 e. The van der Waals surface area contributed by atoms with Crippen molar-refractivity contribution in [3.63, 3.8) is 0 Å². The zero-order valence-corrected chi connectivity index (χ0v) is 14.4. The highest BCUT2D eigenvalue weighted by molar-refractivity contribution is 7.15. The van der Waals surface area contributed by atoms with Gasteiger partial charge in [0.25, 0.3) is 0 Å². The molecule has 0 unspecified atom stereocenters. The fourth-order valence-corrected chi connectivity index (χ4v) is 3.27. The van der Waals surface area contributed by atoms with E-state index in [2.05, 4.69) is 46.0 Å². The lowest BCUT2D eigenvalue weighted by atomic mass is 10.0. The molecule has 3 rings (SSSR count). The number of benzene rings is 2. The normalized spacial score (nSPS) is 10.7. The molecule has 124 valence electrons. The summed E-state index contributed by atoms with van der Waals surface area (Å²) in [6, 6.07) is 14.0. The fourth-order valence-electron chi connectivity index (χ4n) is 2.50. The molecule has 0 aliphatic rings. The van der Waals surface area contributed by atoms with E-state index in [0.29, 0.717) is 11.7 Å². The number of aryl methyl sites for hydroxylation is 1. The first-order valence-corrected chi connectivity index (χ1v) is 8.92. The van der Waals surface area contributed by atoms with Crippen molar-refractivity contribution < 1.29 is 4.79 Å². The Balaban J connectivity index is 1.58. The van der Waals surface area contributed by atoms with Crippen molar-refractivity contribution in [2.24, 2.45) is 0 Å². The number of unbranched alkanes of at least 4 members (excludes halogenated alkanes) is 1. The molecule has 0 fully saturated rings. The summed E-state index contributed by atoms with van der Waals surface area (Å²) in [7, 11) is 0. The van der Waals surface area contributed by atoms with E-state index in [9.17, 15) is 4.79 Å². The second-order valence-electron chi connectivity index (χ2n) is 5.55. The quantitative estimate of drug-likeness (QED) is 0.701. The number of hydrogen-bond donors (Lipinski definition) is 2. The maximum Gasteiger partial charge on any atom is 0.321 e. The number of carbonyl (C=O) groups excluding carboxylic acids is 1. The van der Waals surface area contributed by atoms with Crippen LogP contribution in [0.1, 0.15) is 30.3 Å². The SMILES string of the molecule is CCCCc1nnc(NC(=O)NCc2cccc3ccccc23)s1. The molecule has 5 nitrogen and oxygen atoms in total. The Morgan fingerprint density at radius 3 is 2.83 bits per heavy atom. The number of fused-ring (bicyclic) bond motifs is 1. The summed E-state index contributed by atoms with van der Waals surface area (Å²) in [5.74, 6) is 0. The lowest BCUT2D eigenvalue weighted by Gasteiger charge is -2.08. The van der Waals surface area contributed by atoms with Crippen LogP contribution in [0.4, 0.5) is 9.93 Å². The number of nitrogens with one attached hydrogen (secondary N) is 2. The van der Waals surface area contributed by atoms with E-state index in [1.54, 1.807) is 0 Å². The number of carbonyl (C=O) groups is 1. The number of hydrogen-bond acceptors (Lipinski definition) is 4. The standard InChI is InChI=1S/C18H20N4OS/c1-2-3-11-16-21-22-18(24-16)20-17(23)19-12-14-9-6-8-13-7-4-5-10-15(13)14/h4-10H,2-3,11-12H2,1H3,(H2,19,20,22,23). The minimum atomic E-state index is -0.263. The van der Waals surface area contributed by atoms with Gasteiger partial charge in [0.05, 0.1) is 0 Å². The van der Waals surface area contributed by atoms with E-state index in [0.717, 1.165) is 35.2 Å². The minimum absolute atomic E-state index is 0.263. The van der Waals surface area contributed by atoms with E-state index in [1.807, 2.05) is 24.3 Å². The molecule has 24 heavy (non-hydrogen) atoms. The molecule has 0 atom stereocenters. The molecule has 0 spiro atoms. The molecular weight excluding hydrogens is 320 g/mol. The molecule has 0 saturated heterocycles. The summed E-state index contributed by atoms with van der Waals surface area (Å²) in [5.41, 5.74) is 1.09. The molecule has 3 aromatic rings. The van der Waals surface area contributed by atoms with Crippen molar-refractivity contribution in [1.82, 2.24) is 15.5 Å². The first kappa shape index (κ1) is 16.4. The monoisotopic (exact) mass is 340 g/mol. The fraction of sp³-hybridized carbons (Fsp3) is 0.278. The van der Waals surface area contributed by atoms with Crippen LogP contribution in [-0.4, -0.2) is 16.2 Å². The van der Waals surface area contributed by atoms with Gasteiger partial charge in [-0.1, -0.05) is 67.1 Å². The zero-order chi connectivity index (χ0) is 16.8. The Kier molecular flexibility index (Phi) is 5.38. The lowest BCUT2D eigenvalue weighted by molar-refractivity contribution is 0.252. The maximum atomic E-state index is 12.1. The third-order valence-electron chi connectivity index (χ3n) is 3.75. The molecule has 0 radical (unpaired) electrons. The van der Waals surface area contributed by atoms with Crippen molar-refractivity contribution in [2.45, 2.75) is 32.7 Å². The molecule has 0 bridgehead atoms. The Morgan fingerprint density at radius 2 is 1.96 bits per heavy atom. The molecule has 6 heteroatoms. The van der Waals surface area contributed by atoms with Crippen molar-refractivity contribution in [2.75, 3.05) is 5.32 Å². The summed E-state index contributed by atoms with van der Waals surface area (Å²) < 4.78 is 0. The molecular formula is C18H20N4OS. The van der Waals surface area contributed by atoms with Crippen molar-refractivity contribution in [1.29, 1.82) is 0 Å². The van der Waals surface area contributed by atoms with E-state index in [1.165, 1.54) is 16.7 Å². The second kappa shape index (κ2) is 7.88. The molecule has 2 amide bonds.